The van der Waals surface area contributed by atoms with Crippen molar-refractivity contribution in [2.75, 3.05) is 26.2 Å². The summed E-state index contributed by atoms with van der Waals surface area (Å²) in [5.41, 5.74) is 2.77. The van der Waals surface area contributed by atoms with E-state index < -0.39 is 0 Å². The molecule has 1 fully saturated rings. The molecule has 27 heavy (non-hydrogen) atoms. The fourth-order valence-electron chi connectivity index (χ4n) is 3.93. The number of nitrogens with one attached hydrogen (secondary N) is 1. The zero-order valence-corrected chi connectivity index (χ0v) is 17.0. The van der Waals surface area contributed by atoms with Crippen molar-refractivity contribution in [3.05, 3.63) is 35.3 Å². The van der Waals surface area contributed by atoms with E-state index in [0.717, 1.165) is 43.3 Å². The molecule has 1 saturated heterocycles. The fourth-order valence-corrected chi connectivity index (χ4v) is 3.93. The van der Waals surface area contributed by atoms with E-state index in [4.69, 9.17) is 4.74 Å². The Kier molecular flexibility index (Phi) is 6.01. The van der Waals surface area contributed by atoms with Gasteiger partial charge in [-0.25, -0.2) is 0 Å². The largest absolute Gasteiger partial charge is 0.373 e. The first-order valence-electron chi connectivity index (χ1n) is 9.70. The number of hydrogen-bond acceptors (Lipinski definition) is 4. The second-order valence-corrected chi connectivity index (χ2v) is 7.58. The molecule has 0 bridgehead atoms. The smallest absolute Gasteiger partial charge is 0.256 e. The SMILES string of the molecule is Cc1ccc(C)n1-c1c(C(=O)NCCCN2CC(C)OC(C)C2)cnn1C. The molecule has 2 atom stereocenters. The molecule has 0 radical (unpaired) electrons. The van der Waals surface area contributed by atoms with Crippen molar-refractivity contribution in [3.63, 3.8) is 0 Å². The molecule has 2 unspecified atom stereocenters. The molecule has 2 aromatic heterocycles. The number of aryl methyl sites for hydroxylation is 3. The predicted octanol–water partition coefficient (Wildman–Crippen LogP) is 2.06. The summed E-state index contributed by atoms with van der Waals surface area (Å²) in [6, 6.07) is 4.10. The number of nitrogens with zero attached hydrogens (tertiary/aromatic N) is 4. The van der Waals surface area contributed by atoms with Crippen molar-refractivity contribution in [2.24, 2.45) is 7.05 Å². The molecule has 148 valence electrons. The Hall–Kier alpha value is -2.12. The molecule has 1 N–H and O–H groups in total. The molecule has 0 aromatic carbocycles. The van der Waals surface area contributed by atoms with Crippen LogP contribution < -0.4 is 5.32 Å². The van der Waals surface area contributed by atoms with Crippen LogP contribution in [-0.2, 0) is 11.8 Å². The van der Waals surface area contributed by atoms with Gasteiger partial charge in [0.25, 0.3) is 5.91 Å². The molecule has 7 heteroatoms. The molecule has 1 aliphatic rings. The fraction of sp³-hybridized carbons (Fsp3) is 0.600. The Morgan fingerprint density at radius 1 is 1.22 bits per heavy atom. The van der Waals surface area contributed by atoms with Gasteiger partial charge in [0.2, 0.25) is 0 Å². The maximum absolute atomic E-state index is 12.7. The van der Waals surface area contributed by atoms with Crippen molar-refractivity contribution in [1.29, 1.82) is 0 Å². The van der Waals surface area contributed by atoms with E-state index in [1.54, 1.807) is 10.9 Å². The third kappa shape index (κ3) is 4.42. The minimum Gasteiger partial charge on any atom is -0.373 e. The van der Waals surface area contributed by atoms with Gasteiger partial charge in [-0.05, 0) is 46.2 Å². The van der Waals surface area contributed by atoms with E-state index >= 15 is 0 Å². The summed E-state index contributed by atoms with van der Waals surface area (Å²) in [6.07, 6.45) is 3.11. The van der Waals surface area contributed by atoms with Crippen LogP contribution in [0.25, 0.3) is 5.82 Å². The molecule has 3 rings (SSSR count). The Bertz CT molecular complexity index is 765. The normalized spacial score (nSPS) is 20.8. The summed E-state index contributed by atoms with van der Waals surface area (Å²) in [6.45, 7) is 11.8. The molecule has 0 aliphatic carbocycles. The summed E-state index contributed by atoms with van der Waals surface area (Å²) in [7, 11) is 1.87. The van der Waals surface area contributed by atoms with E-state index in [-0.39, 0.29) is 18.1 Å². The molecule has 3 heterocycles. The van der Waals surface area contributed by atoms with Gasteiger partial charge < -0.3 is 14.6 Å². The van der Waals surface area contributed by atoms with Gasteiger partial charge in [0.15, 0.2) is 0 Å². The molecule has 7 nitrogen and oxygen atoms in total. The third-order valence-electron chi connectivity index (χ3n) is 5.07. The van der Waals surface area contributed by atoms with Gasteiger partial charge in [-0.15, -0.1) is 0 Å². The van der Waals surface area contributed by atoms with E-state index in [1.807, 2.05) is 33.0 Å². The van der Waals surface area contributed by atoms with E-state index in [9.17, 15) is 4.79 Å². The van der Waals surface area contributed by atoms with Crippen molar-refractivity contribution >= 4 is 5.91 Å². The van der Waals surface area contributed by atoms with E-state index in [0.29, 0.717) is 12.1 Å². The summed E-state index contributed by atoms with van der Waals surface area (Å²) < 4.78 is 9.59. The number of morpholine rings is 1. The minimum absolute atomic E-state index is 0.0747. The Labute approximate surface area is 161 Å². The van der Waals surface area contributed by atoms with E-state index in [1.165, 1.54) is 0 Å². The van der Waals surface area contributed by atoms with Crippen molar-refractivity contribution < 1.29 is 9.53 Å². The highest BCUT2D eigenvalue weighted by molar-refractivity contribution is 5.97. The Balaban J connectivity index is 1.58. The monoisotopic (exact) mass is 373 g/mol. The second-order valence-electron chi connectivity index (χ2n) is 7.58. The van der Waals surface area contributed by atoms with Gasteiger partial charge >= 0.3 is 0 Å². The average molecular weight is 374 g/mol. The zero-order valence-electron chi connectivity index (χ0n) is 17.0. The standard InChI is InChI=1S/C20H31N5O2/c1-14-7-8-15(2)25(14)20-18(11-22-23(20)5)19(26)21-9-6-10-24-12-16(3)27-17(4)13-24/h7-8,11,16-17H,6,9-10,12-13H2,1-5H3,(H,21,26). The summed E-state index contributed by atoms with van der Waals surface area (Å²) in [4.78, 5) is 15.2. The van der Waals surface area contributed by atoms with Crippen LogP contribution in [0.15, 0.2) is 18.3 Å². The average Bonchev–Trinajstić information content (AvgIpc) is 3.12. The highest BCUT2D eigenvalue weighted by Crippen LogP contribution is 2.19. The number of carbonyl (C=O) groups is 1. The minimum atomic E-state index is -0.0747. The van der Waals surface area contributed by atoms with Gasteiger partial charge in [-0.1, -0.05) is 0 Å². The lowest BCUT2D eigenvalue weighted by atomic mass is 10.2. The third-order valence-corrected chi connectivity index (χ3v) is 5.07. The quantitative estimate of drug-likeness (QED) is 0.787. The Morgan fingerprint density at radius 3 is 2.48 bits per heavy atom. The first kappa shape index (κ1) is 19.6. The number of aromatic nitrogens is 3. The lowest BCUT2D eigenvalue weighted by Crippen LogP contribution is -2.46. The van der Waals surface area contributed by atoms with Crippen LogP contribution >= 0.6 is 0 Å². The zero-order chi connectivity index (χ0) is 19.6. The van der Waals surface area contributed by atoms with Gasteiger partial charge in [-0.3, -0.25) is 14.4 Å². The second kappa shape index (κ2) is 8.27. The van der Waals surface area contributed by atoms with Crippen LogP contribution in [0.2, 0.25) is 0 Å². The highest BCUT2D eigenvalue weighted by Gasteiger charge is 2.22. The number of amides is 1. The number of ether oxygens (including phenoxy) is 1. The van der Waals surface area contributed by atoms with Crippen LogP contribution in [0.4, 0.5) is 0 Å². The maximum Gasteiger partial charge on any atom is 0.256 e. The summed E-state index contributed by atoms with van der Waals surface area (Å²) >= 11 is 0. The molecular weight excluding hydrogens is 342 g/mol. The number of hydrogen-bond donors (Lipinski definition) is 1. The molecule has 0 spiro atoms. The first-order valence-corrected chi connectivity index (χ1v) is 9.70. The van der Waals surface area contributed by atoms with Crippen LogP contribution in [0.3, 0.4) is 0 Å². The molecule has 2 aromatic rings. The molecule has 1 amide bonds. The lowest BCUT2D eigenvalue weighted by Gasteiger charge is -2.35. The van der Waals surface area contributed by atoms with Crippen LogP contribution in [0.1, 0.15) is 42.0 Å². The molecule has 0 saturated carbocycles. The lowest BCUT2D eigenvalue weighted by molar-refractivity contribution is -0.0679. The topological polar surface area (TPSA) is 64.3 Å². The van der Waals surface area contributed by atoms with Crippen LogP contribution in [0, 0.1) is 13.8 Å². The van der Waals surface area contributed by atoms with Gasteiger partial charge in [-0.2, -0.15) is 5.10 Å². The maximum atomic E-state index is 12.7. The van der Waals surface area contributed by atoms with Gasteiger partial charge in [0, 0.05) is 44.6 Å². The molecular formula is C20H31N5O2. The number of rotatable bonds is 6. The molecule has 1 aliphatic heterocycles. The first-order chi connectivity index (χ1) is 12.9. The van der Waals surface area contributed by atoms with Crippen molar-refractivity contribution in [1.82, 2.24) is 24.6 Å². The summed E-state index contributed by atoms with van der Waals surface area (Å²) in [5.74, 6) is 0.734. The van der Waals surface area contributed by atoms with E-state index in [2.05, 4.69) is 33.7 Å². The predicted molar refractivity (Wildman–Crippen MR) is 105 cm³/mol. The van der Waals surface area contributed by atoms with Crippen LogP contribution in [-0.4, -0.2) is 63.5 Å². The van der Waals surface area contributed by atoms with Gasteiger partial charge in [0.05, 0.1) is 18.4 Å². The van der Waals surface area contributed by atoms with Crippen LogP contribution in [0.5, 0.6) is 0 Å². The Morgan fingerprint density at radius 2 is 1.85 bits per heavy atom. The van der Waals surface area contributed by atoms with Crippen molar-refractivity contribution in [2.45, 2.75) is 46.3 Å². The summed E-state index contributed by atoms with van der Waals surface area (Å²) in [5, 5.41) is 7.36. The highest BCUT2D eigenvalue weighted by atomic mass is 16.5. The van der Waals surface area contributed by atoms with Gasteiger partial charge in [0.1, 0.15) is 11.4 Å². The van der Waals surface area contributed by atoms with Crippen molar-refractivity contribution in [3.8, 4) is 5.82 Å². The number of carbonyl (C=O) groups excluding carboxylic acids is 1.